The van der Waals surface area contributed by atoms with Gasteiger partial charge in [-0.05, 0) is 62.4 Å². The molecule has 2 heterocycles. The highest BCUT2D eigenvalue weighted by Crippen LogP contribution is 2.34. The van der Waals surface area contributed by atoms with E-state index in [9.17, 15) is 13.2 Å². The van der Waals surface area contributed by atoms with Crippen molar-refractivity contribution in [3.8, 4) is 10.6 Å². The topological polar surface area (TPSA) is 88.6 Å². The van der Waals surface area contributed by atoms with Gasteiger partial charge in [0.1, 0.15) is 5.01 Å². The summed E-state index contributed by atoms with van der Waals surface area (Å²) in [7, 11) is -3.67. The molecular formula is C26H25N3O4S2. The number of morpholine rings is 1. The Bertz CT molecular complexity index is 1440. The summed E-state index contributed by atoms with van der Waals surface area (Å²) in [5, 5.41) is 3.77. The standard InChI is InChI=1S/C26H25N3O4S2/c1-17-15-29(16-18(2)33-17)35(31,32)20-13-11-19(12-14-20)25(30)27-22-8-4-3-7-21(22)26-28-23-9-5-6-10-24(23)34-26/h3-14,17-18H,15-16H2,1-2H3,(H,27,30)/t17-,18+. The number of anilines is 1. The highest BCUT2D eigenvalue weighted by atomic mass is 32.2. The molecule has 0 bridgehead atoms. The predicted octanol–water partition coefficient (Wildman–Crippen LogP) is 5.01. The fourth-order valence-corrected chi connectivity index (χ4v) is 6.81. The second kappa shape index (κ2) is 9.50. The molecule has 3 aromatic carbocycles. The number of nitrogens with one attached hydrogen (secondary N) is 1. The molecule has 0 saturated carbocycles. The molecule has 1 N–H and O–H groups in total. The molecule has 7 nitrogen and oxygen atoms in total. The van der Waals surface area contributed by atoms with Gasteiger partial charge in [-0.15, -0.1) is 11.3 Å². The molecule has 4 aromatic rings. The lowest BCUT2D eigenvalue weighted by Gasteiger charge is -2.34. The van der Waals surface area contributed by atoms with Crippen molar-refractivity contribution in [1.29, 1.82) is 0 Å². The summed E-state index contributed by atoms with van der Waals surface area (Å²) in [6.45, 7) is 4.32. The van der Waals surface area contributed by atoms with Gasteiger partial charge in [-0.2, -0.15) is 4.31 Å². The molecule has 0 spiro atoms. The quantitative estimate of drug-likeness (QED) is 0.410. The number of aromatic nitrogens is 1. The van der Waals surface area contributed by atoms with E-state index >= 15 is 0 Å². The highest BCUT2D eigenvalue weighted by molar-refractivity contribution is 7.89. The number of nitrogens with zero attached hydrogens (tertiary/aromatic N) is 2. The first kappa shape index (κ1) is 23.6. The van der Waals surface area contributed by atoms with Crippen molar-refractivity contribution in [1.82, 2.24) is 9.29 Å². The van der Waals surface area contributed by atoms with Gasteiger partial charge in [0.15, 0.2) is 0 Å². The summed E-state index contributed by atoms with van der Waals surface area (Å²) in [4.78, 5) is 17.9. The maximum absolute atomic E-state index is 13.1. The van der Waals surface area contributed by atoms with Crippen LogP contribution in [0, 0.1) is 0 Å². The second-order valence-electron chi connectivity index (χ2n) is 8.59. The van der Waals surface area contributed by atoms with Crippen molar-refractivity contribution >= 4 is 43.2 Å². The van der Waals surface area contributed by atoms with Crippen LogP contribution in [0.15, 0.2) is 77.7 Å². The summed E-state index contributed by atoms with van der Waals surface area (Å²) in [5.74, 6) is -0.323. The maximum atomic E-state index is 13.1. The van der Waals surface area contributed by atoms with Gasteiger partial charge in [-0.25, -0.2) is 13.4 Å². The molecule has 1 saturated heterocycles. The van der Waals surface area contributed by atoms with Crippen LogP contribution in [-0.2, 0) is 14.8 Å². The monoisotopic (exact) mass is 507 g/mol. The Labute approximate surface area is 208 Å². The third-order valence-electron chi connectivity index (χ3n) is 5.84. The summed E-state index contributed by atoms with van der Waals surface area (Å²) in [5.41, 5.74) is 2.75. The maximum Gasteiger partial charge on any atom is 0.255 e. The van der Waals surface area contributed by atoms with Crippen molar-refractivity contribution in [3.63, 3.8) is 0 Å². The highest BCUT2D eigenvalue weighted by Gasteiger charge is 2.32. The first-order chi connectivity index (χ1) is 16.8. The summed E-state index contributed by atoms with van der Waals surface area (Å²) < 4.78 is 34.3. The molecule has 1 aliphatic heterocycles. The summed E-state index contributed by atoms with van der Waals surface area (Å²) in [6, 6.07) is 21.5. The van der Waals surface area contributed by atoms with E-state index in [0.29, 0.717) is 24.3 Å². The lowest BCUT2D eigenvalue weighted by molar-refractivity contribution is -0.0440. The fraction of sp³-hybridized carbons (Fsp3) is 0.231. The number of benzene rings is 3. The van der Waals surface area contributed by atoms with Gasteiger partial charge in [0.25, 0.3) is 5.91 Å². The first-order valence-electron chi connectivity index (χ1n) is 11.3. The Morgan fingerprint density at radius 1 is 0.971 bits per heavy atom. The van der Waals surface area contributed by atoms with Gasteiger partial charge in [-0.3, -0.25) is 4.79 Å². The lowest BCUT2D eigenvalue weighted by atomic mass is 10.1. The fourth-order valence-electron chi connectivity index (χ4n) is 4.21. The third kappa shape index (κ3) is 4.85. The van der Waals surface area contributed by atoms with Crippen molar-refractivity contribution < 1.29 is 17.9 Å². The molecule has 9 heteroatoms. The van der Waals surface area contributed by atoms with Crippen LogP contribution in [0.5, 0.6) is 0 Å². The van der Waals surface area contributed by atoms with Crippen molar-refractivity contribution in [2.75, 3.05) is 18.4 Å². The largest absolute Gasteiger partial charge is 0.373 e. The Kier molecular flexibility index (Phi) is 6.41. The molecule has 1 amide bonds. The summed E-state index contributed by atoms with van der Waals surface area (Å²) in [6.07, 6.45) is -0.344. The molecule has 0 aliphatic carbocycles. The van der Waals surface area contributed by atoms with Crippen LogP contribution in [0.2, 0.25) is 0 Å². The van der Waals surface area contributed by atoms with E-state index in [1.807, 2.05) is 62.4 Å². The SMILES string of the molecule is C[C@@H]1CN(S(=O)(=O)c2ccc(C(=O)Nc3ccccc3-c3nc4ccccc4s3)cc2)C[C@H](C)O1. The second-order valence-corrected chi connectivity index (χ2v) is 11.6. The zero-order chi connectivity index (χ0) is 24.6. The zero-order valence-corrected chi connectivity index (χ0v) is 21.0. The first-order valence-corrected chi connectivity index (χ1v) is 13.6. The van der Waals surface area contributed by atoms with Crippen LogP contribution in [0.25, 0.3) is 20.8 Å². The smallest absolute Gasteiger partial charge is 0.255 e. The van der Waals surface area contributed by atoms with E-state index in [2.05, 4.69) is 5.32 Å². The van der Waals surface area contributed by atoms with E-state index in [1.165, 1.54) is 28.6 Å². The Morgan fingerprint density at radius 2 is 1.63 bits per heavy atom. The molecule has 180 valence electrons. The number of amides is 1. The molecule has 2 atom stereocenters. The molecule has 35 heavy (non-hydrogen) atoms. The number of hydrogen-bond donors (Lipinski definition) is 1. The van der Waals surface area contributed by atoms with E-state index in [0.717, 1.165) is 20.8 Å². The number of para-hydroxylation sites is 2. The number of ether oxygens (including phenoxy) is 1. The number of carbonyl (C=O) groups excluding carboxylic acids is 1. The van der Waals surface area contributed by atoms with Gasteiger partial charge in [0.05, 0.1) is 33.0 Å². The van der Waals surface area contributed by atoms with E-state index in [-0.39, 0.29) is 23.0 Å². The minimum absolute atomic E-state index is 0.158. The number of fused-ring (bicyclic) bond motifs is 1. The van der Waals surface area contributed by atoms with E-state index in [4.69, 9.17) is 9.72 Å². The molecule has 1 fully saturated rings. The third-order valence-corrected chi connectivity index (χ3v) is 8.76. The van der Waals surface area contributed by atoms with E-state index < -0.39 is 10.0 Å². The van der Waals surface area contributed by atoms with Crippen LogP contribution in [0.1, 0.15) is 24.2 Å². The van der Waals surface area contributed by atoms with Gasteiger partial charge < -0.3 is 10.1 Å². The molecular weight excluding hydrogens is 482 g/mol. The molecule has 5 rings (SSSR count). The lowest BCUT2D eigenvalue weighted by Crippen LogP contribution is -2.48. The average molecular weight is 508 g/mol. The van der Waals surface area contributed by atoms with Crippen LogP contribution >= 0.6 is 11.3 Å². The molecule has 1 aromatic heterocycles. The van der Waals surface area contributed by atoms with Crippen molar-refractivity contribution in [2.24, 2.45) is 0 Å². The predicted molar refractivity (Wildman–Crippen MR) is 138 cm³/mol. The summed E-state index contributed by atoms with van der Waals surface area (Å²) >= 11 is 1.56. The van der Waals surface area contributed by atoms with E-state index in [1.54, 1.807) is 11.3 Å². The molecule has 1 aliphatic rings. The number of thiazole rings is 1. The zero-order valence-electron chi connectivity index (χ0n) is 19.3. The Hall–Kier alpha value is -3.11. The number of carbonyl (C=O) groups is 1. The van der Waals surface area contributed by atoms with Crippen LogP contribution in [0.4, 0.5) is 5.69 Å². The number of rotatable bonds is 5. The molecule has 0 radical (unpaired) electrons. The Balaban J connectivity index is 1.36. The molecule has 0 unspecified atom stereocenters. The van der Waals surface area contributed by atoms with Crippen LogP contribution < -0.4 is 5.32 Å². The number of sulfonamides is 1. The minimum Gasteiger partial charge on any atom is -0.373 e. The van der Waals surface area contributed by atoms with Crippen LogP contribution in [0.3, 0.4) is 0 Å². The van der Waals surface area contributed by atoms with Crippen LogP contribution in [-0.4, -0.2) is 48.9 Å². The minimum atomic E-state index is -3.67. The number of hydrogen-bond acceptors (Lipinski definition) is 6. The van der Waals surface area contributed by atoms with Gasteiger partial charge in [0, 0.05) is 24.2 Å². The average Bonchev–Trinajstić information content (AvgIpc) is 3.28. The Morgan fingerprint density at radius 3 is 2.34 bits per heavy atom. The van der Waals surface area contributed by atoms with Crippen molar-refractivity contribution in [3.05, 3.63) is 78.4 Å². The van der Waals surface area contributed by atoms with Gasteiger partial charge >= 0.3 is 0 Å². The van der Waals surface area contributed by atoms with Gasteiger partial charge in [0.2, 0.25) is 10.0 Å². The van der Waals surface area contributed by atoms with Gasteiger partial charge in [-0.1, -0.05) is 24.3 Å². The van der Waals surface area contributed by atoms with Crippen molar-refractivity contribution in [2.45, 2.75) is 31.0 Å². The normalized spacial score (nSPS) is 19.0.